The van der Waals surface area contributed by atoms with Crippen molar-refractivity contribution < 1.29 is 27.5 Å². The molecule has 3 aromatic rings. The van der Waals surface area contributed by atoms with Gasteiger partial charge in [0.25, 0.3) is 0 Å². The standard InChI is InChI=1S/C24H18BrF4N3O2S/c25-12-19-21(23(33)34)22(31-13-32(19)9-7-20-30-8-10-35-20)17-6-5-16(26)11-18(17)14-1-3-15(4-2-14)24(27,28)29/h1-6,8,10-11,13,22H,7,9,12H2,(H,33,34). The van der Waals surface area contributed by atoms with Crippen molar-refractivity contribution in [2.45, 2.75) is 18.6 Å². The number of carboxylic acids is 1. The van der Waals surface area contributed by atoms with Crippen molar-refractivity contribution in [1.29, 1.82) is 0 Å². The zero-order chi connectivity index (χ0) is 25.2. The Morgan fingerprint density at radius 1 is 1.17 bits per heavy atom. The van der Waals surface area contributed by atoms with Gasteiger partial charge in [0.15, 0.2) is 0 Å². The van der Waals surface area contributed by atoms with E-state index >= 15 is 0 Å². The van der Waals surface area contributed by atoms with Crippen molar-refractivity contribution in [3.63, 3.8) is 0 Å². The molecule has 0 radical (unpaired) electrons. The smallest absolute Gasteiger partial charge is 0.416 e. The van der Waals surface area contributed by atoms with Crippen LogP contribution in [0.15, 0.2) is 70.3 Å². The average Bonchev–Trinajstić information content (AvgIpc) is 3.35. The quantitative estimate of drug-likeness (QED) is 0.267. The number of rotatable bonds is 7. The number of carbonyl (C=O) groups is 1. The van der Waals surface area contributed by atoms with Crippen molar-refractivity contribution in [3.05, 3.63) is 87.3 Å². The lowest BCUT2D eigenvalue weighted by molar-refractivity contribution is -0.137. The number of aliphatic carboxylic acids is 1. The van der Waals surface area contributed by atoms with Crippen LogP contribution >= 0.6 is 27.3 Å². The van der Waals surface area contributed by atoms with Crippen LogP contribution in [0.4, 0.5) is 17.6 Å². The summed E-state index contributed by atoms with van der Waals surface area (Å²) in [6.45, 7) is 0.455. The number of carboxylic acid groups (broad SMARTS) is 1. The van der Waals surface area contributed by atoms with Crippen LogP contribution in [0.25, 0.3) is 11.1 Å². The van der Waals surface area contributed by atoms with E-state index in [9.17, 15) is 27.5 Å². The van der Waals surface area contributed by atoms with Crippen LogP contribution < -0.4 is 0 Å². The molecule has 1 unspecified atom stereocenters. The molecule has 2 aromatic carbocycles. The molecule has 11 heteroatoms. The molecule has 0 aliphatic carbocycles. The first-order valence-electron chi connectivity index (χ1n) is 10.4. The van der Waals surface area contributed by atoms with E-state index in [1.54, 1.807) is 17.4 Å². The van der Waals surface area contributed by atoms with Crippen LogP contribution in [0.1, 0.15) is 22.2 Å². The summed E-state index contributed by atoms with van der Waals surface area (Å²) < 4.78 is 53.2. The third kappa shape index (κ3) is 5.46. The van der Waals surface area contributed by atoms with E-state index in [-0.39, 0.29) is 16.5 Å². The summed E-state index contributed by atoms with van der Waals surface area (Å²) in [4.78, 5) is 22.8. The molecule has 0 saturated carbocycles. The number of nitrogens with zero attached hydrogens (tertiary/aromatic N) is 3. The number of allylic oxidation sites excluding steroid dienone is 1. The zero-order valence-corrected chi connectivity index (χ0v) is 20.4. The summed E-state index contributed by atoms with van der Waals surface area (Å²) in [5.41, 5.74) is 0.611. The van der Waals surface area contributed by atoms with E-state index in [0.29, 0.717) is 29.8 Å². The monoisotopic (exact) mass is 567 g/mol. The Morgan fingerprint density at radius 2 is 1.91 bits per heavy atom. The van der Waals surface area contributed by atoms with Crippen LogP contribution in [0, 0.1) is 5.82 Å². The molecule has 1 N–H and O–H groups in total. The van der Waals surface area contributed by atoms with Crippen LogP contribution in [-0.4, -0.2) is 39.2 Å². The van der Waals surface area contributed by atoms with E-state index in [1.165, 1.54) is 41.7 Å². The van der Waals surface area contributed by atoms with Crippen molar-refractivity contribution in [2.24, 2.45) is 4.99 Å². The molecule has 0 spiro atoms. The summed E-state index contributed by atoms with van der Waals surface area (Å²) in [5, 5.41) is 13.1. The van der Waals surface area contributed by atoms with Gasteiger partial charge in [0, 0.05) is 35.6 Å². The van der Waals surface area contributed by atoms with Gasteiger partial charge in [-0.05, 0) is 41.0 Å². The number of halogens is 5. The third-order valence-corrected chi connectivity index (χ3v) is 6.90. The summed E-state index contributed by atoms with van der Waals surface area (Å²) >= 11 is 4.87. The SMILES string of the molecule is O=C(O)C1=C(CBr)N(CCc2nccs2)C=NC1c1ccc(F)cc1-c1ccc(C(F)(F)F)cc1. The van der Waals surface area contributed by atoms with Crippen molar-refractivity contribution in [1.82, 2.24) is 9.88 Å². The van der Waals surface area contributed by atoms with Crippen LogP contribution in [-0.2, 0) is 17.4 Å². The molecule has 1 aliphatic heterocycles. The topological polar surface area (TPSA) is 65.8 Å². The van der Waals surface area contributed by atoms with Gasteiger partial charge in [0.1, 0.15) is 11.9 Å². The van der Waals surface area contributed by atoms with Gasteiger partial charge in [-0.3, -0.25) is 4.99 Å². The number of benzene rings is 2. The van der Waals surface area contributed by atoms with Gasteiger partial charge in [0.2, 0.25) is 0 Å². The van der Waals surface area contributed by atoms with E-state index in [1.807, 2.05) is 5.38 Å². The summed E-state index contributed by atoms with van der Waals surface area (Å²) in [5.74, 6) is -1.79. The Hall–Kier alpha value is -3.05. The van der Waals surface area contributed by atoms with E-state index in [0.717, 1.165) is 17.1 Å². The Morgan fingerprint density at radius 3 is 2.51 bits per heavy atom. The maximum Gasteiger partial charge on any atom is 0.416 e. The molecule has 182 valence electrons. The summed E-state index contributed by atoms with van der Waals surface area (Å²) in [6.07, 6.45) is -0.684. The van der Waals surface area contributed by atoms with Crippen molar-refractivity contribution in [3.8, 4) is 11.1 Å². The highest BCUT2D eigenvalue weighted by molar-refractivity contribution is 9.09. The predicted octanol–water partition coefficient (Wildman–Crippen LogP) is 6.33. The fraction of sp³-hybridized carbons (Fsp3) is 0.208. The number of alkyl halides is 4. The molecular weight excluding hydrogens is 550 g/mol. The van der Waals surface area contributed by atoms with Crippen LogP contribution in [0.5, 0.6) is 0 Å². The Kier molecular flexibility index (Phi) is 7.36. The zero-order valence-electron chi connectivity index (χ0n) is 18.0. The number of thiazole rings is 1. The van der Waals surface area contributed by atoms with E-state index < -0.39 is 29.6 Å². The van der Waals surface area contributed by atoms with Gasteiger partial charge in [-0.2, -0.15) is 13.2 Å². The Bertz CT molecular complexity index is 1270. The highest BCUT2D eigenvalue weighted by Crippen LogP contribution is 2.39. The number of aromatic nitrogens is 1. The first-order valence-corrected chi connectivity index (χ1v) is 12.4. The van der Waals surface area contributed by atoms with Crippen LogP contribution in [0.3, 0.4) is 0 Å². The van der Waals surface area contributed by atoms with Gasteiger partial charge < -0.3 is 10.0 Å². The minimum atomic E-state index is -4.51. The highest BCUT2D eigenvalue weighted by Gasteiger charge is 2.33. The normalized spacial score (nSPS) is 16.1. The minimum absolute atomic E-state index is 0.00304. The lowest BCUT2D eigenvalue weighted by Gasteiger charge is -2.31. The molecule has 0 amide bonds. The predicted molar refractivity (Wildman–Crippen MR) is 129 cm³/mol. The average molecular weight is 568 g/mol. The molecule has 35 heavy (non-hydrogen) atoms. The first-order chi connectivity index (χ1) is 16.7. The molecule has 0 saturated heterocycles. The van der Waals surface area contributed by atoms with Gasteiger partial charge in [-0.1, -0.05) is 34.1 Å². The summed E-state index contributed by atoms with van der Waals surface area (Å²) in [7, 11) is 0. The highest BCUT2D eigenvalue weighted by atomic mass is 79.9. The molecule has 4 rings (SSSR count). The molecule has 1 aliphatic rings. The lowest BCUT2D eigenvalue weighted by Crippen LogP contribution is -2.33. The fourth-order valence-electron chi connectivity index (χ4n) is 3.87. The van der Waals surface area contributed by atoms with Crippen LogP contribution in [0.2, 0.25) is 0 Å². The molecule has 1 aromatic heterocycles. The number of hydrogen-bond donors (Lipinski definition) is 1. The molecule has 2 heterocycles. The largest absolute Gasteiger partial charge is 0.478 e. The van der Waals surface area contributed by atoms with E-state index in [2.05, 4.69) is 25.9 Å². The molecule has 1 atom stereocenters. The molecule has 5 nitrogen and oxygen atoms in total. The van der Waals surface area contributed by atoms with Crippen molar-refractivity contribution in [2.75, 3.05) is 11.9 Å². The van der Waals surface area contributed by atoms with Gasteiger partial charge in [0.05, 0.1) is 22.5 Å². The maximum atomic E-state index is 14.2. The maximum absolute atomic E-state index is 14.2. The number of hydrogen-bond acceptors (Lipinski definition) is 5. The van der Waals surface area contributed by atoms with Crippen molar-refractivity contribution >= 4 is 39.6 Å². The molecule has 0 bridgehead atoms. The second-order valence-electron chi connectivity index (χ2n) is 7.64. The third-order valence-electron chi connectivity index (χ3n) is 5.53. The van der Waals surface area contributed by atoms with Gasteiger partial charge in [-0.25, -0.2) is 14.2 Å². The minimum Gasteiger partial charge on any atom is -0.478 e. The Labute approximate surface area is 210 Å². The Balaban J connectivity index is 1.74. The fourth-order valence-corrected chi connectivity index (χ4v) is 5.10. The first kappa shape index (κ1) is 25.1. The second-order valence-corrected chi connectivity index (χ2v) is 9.18. The van der Waals surface area contributed by atoms with Gasteiger partial charge in [-0.15, -0.1) is 11.3 Å². The van der Waals surface area contributed by atoms with Gasteiger partial charge >= 0.3 is 12.1 Å². The lowest BCUT2D eigenvalue weighted by atomic mass is 9.89. The second kappa shape index (κ2) is 10.3. The van der Waals surface area contributed by atoms with E-state index in [4.69, 9.17) is 0 Å². The molecule has 0 fully saturated rings. The number of aliphatic imine (C=N–C) groups is 1. The summed E-state index contributed by atoms with van der Waals surface area (Å²) in [6, 6.07) is 7.10. The molecular formula is C24H18BrF4N3O2S.